The quantitative estimate of drug-likeness (QED) is 0.520. The summed E-state index contributed by atoms with van der Waals surface area (Å²) in [5.74, 6) is -3.07. The number of benzene rings is 2. The minimum atomic E-state index is -1.06. The van der Waals surface area contributed by atoms with Crippen LogP contribution in [0.3, 0.4) is 0 Å². The lowest BCUT2D eigenvalue weighted by Gasteiger charge is -2.20. The van der Waals surface area contributed by atoms with Crippen molar-refractivity contribution in [1.29, 1.82) is 0 Å². The molecule has 2 aromatic carbocycles. The fraction of sp³-hybridized carbons (Fsp3) is 0.273. The standard InChI is InChI=1S/C22H23FO4/c1-26-21(24)20(22(25)27-2)18(12-8-16-6-4-3-5-7-16)13-9-17-10-14-19(23)15-11-17/h3-7,9-11,13-15,18,20H,8,12H2,1-2H3/b13-9+. The molecule has 0 bridgehead atoms. The van der Waals surface area contributed by atoms with Gasteiger partial charge in [-0.3, -0.25) is 9.59 Å². The average Bonchev–Trinajstić information content (AvgIpc) is 2.71. The molecule has 27 heavy (non-hydrogen) atoms. The fourth-order valence-electron chi connectivity index (χ4n) is 2.86. The van der Waals surface area contributed by atoms with Crippen molar-refractivity contribution in [1.82, 2.24) is 0 Å². The Bertz CT molecular complexity index is 753. The summed E-state index contributed by atoms with van der Waals surface area (Å²) in [6.45, 7) is 0. The molecule has 2 rings (SSSR count). The van der Waals surface area contributed by atoms with Crippen molar-refractivity contribution in [3.05, 3.63) is 77.6 Å². The zero-order valence-corrected chi connectivity index (χ0v) is 15.4. The molecule has 1 unspecified atom stereocenters. The highest BCUT2D eigenvalue weighted by molar-refractivity contribution is 5.95. The second-order valence-corrected chi connectivity index (χ2v) is 6.12. The molecule has 0 amide bonds. The van der Waals surface area contributed by atoms with Crippen molar-refractivity contribution in [2.75, 3.05) is 14.2 Å². The maximum atomic E-state index is 13.1. The van der Waals surface area contributed by atoms with E-state index in [0.717, 1.165) is 11.1 Å². The zero-order valence-electron chi connectivity index (χ0n) is 15.4. The Morgan fingerprint density at radius 2 is 1.56 bits per heavy atom. The Balaban J connectivity index is 2.26. The minimum absolute atomic E-state index is 0.324. The van der Waals surface area contributed by atoms with E-state index in [4.69, 9.17) is 9.47 Å². The van der Waals surface area contributed by atoms with Crippen molar-refractivity contribution in [2.45, 2.75) is 12.8 Å². The van der Waals surface area contributed by atoms with Gasteiger partial charge in [0, 0.05) is 5.92 Å². The van der Waals surface area contributed by atoms with Gasteiger partial charge < -0.3 is 9.47 Å². The number of allylic oxidation sites excluding steroid dienone is 1. The summed E-state index contributed by atoms with van der Waals surface area (Å²) in [6.07, 6.45) is 4.79. The molecule has 0 radical (unpaired) electrons. The van der Waals surface area contributed by atoms with Gasteiger partial charge in [0.1, 0.15) is 5.82 Å². The molecule has 2 aromatic rings. The molecule has 1 atom stereocenters. The molecule has 0 spiro atoms. The number of hydrogen-bond donors (Lipinski definition) is 0. The van der Waals surface area contributed by atoms with Gasteiger partial charge in [-0.05, 0) is 36.1 Å². The van der Waals surface area contributed by atoms with Gasteiger partial charge in [-0.2, -0.15) is 0 Å². The zero-order chi connectivity index (χ0) is 19.6. The highest BCUT2D eigenvalue weighted by Gasteiger charge is 2.35. The number of carbonyl (C=O) groups is 2. The number of methoxy groups -OCH3 is 2. The summed E-state index contributed by atoms with van der Waals surface area (Å²) in [5, 5.41) is 0. The Hall–Kier alpha value is -2.95. The number of ether oxygens (including phenoxy) is 2. The molecule has 142 valence electrons. The van der Waals surface area contributed by atoms with Crippen LogP contribution in [0, 0.1) is 17.7 Å². The largest absolute Gasteiger partial charge is 0.468 e. The maximum absolute atomic E-state index is 13.1. The molecule has 0 fully saturated rings. The van der Waals surface area contributed by atoms with E-state index in [2.05, 4.69) is 0 Å². The van der Waals surface area contributed by atoms with Gasteiger partial charge in [0.05, 0.1) is 14.2 Å². The van der Waals surface area contributed by atoms with Crippen LogP contribution >= 0.6 is 0 Å². The second-order valence-electron chi connectivity index (χ2n) is 6.12. The van der Waals surface area contributed by atoms with Gasteiger partial charge in [0.25, 0.3) is 0 Å². The molecule has 0 heterocycles. The van der Waals surface area contributed by atoms with Gasteiger partial charge >= 0.3 is 11.9 Å². The van der Waals surface area contributed by atoms with E-state index in [-0.39, 0.29) is 5.82 Å². The third kappa shape index (κ3) is 6.06. The highest BCUT2D eigenvalue weighted by Crippen LogP contribution is 2.24. The summed E-state index contributed by atoms with van der Waals surface area (Å²) >= 11 is 0. The molecule has 5 heteroatoms. The third-order valence-electron chi connectivity index (χ3n) is 4.35. The van der Waals surface area contributed by atoms with E-state index in [1.165, 1.54) is 26.4 Å². The number of esters is 2. The molecule has 0 aliphatic carbocycles. The van der Waals surface area contributed by atoms with Crippen molar-refractivity contribution in [2.24, 2.45) is 11.8 Å². The number of hydrogen-bond acceptors (Lipinski definition) is 4. The van der Waals surface area contributed by atoms with Crippen LogP contribution < -0.4 is 0 Å². The van der Waals surface area contributed by atoms with Gasteiger partial charge in [0.15, 0.2) is 5.92 Å². The minimum Gasteiger partial charge on any atom is -0.468 e. The summed E-state index contributed by atoms with van der Waals surface area (Å²) in [7, 11) is 2.49. The predicted octanol–water partition coefficient (Wildman–Crippen LogP) is 4.05. The van der Waals surface area contributed by atoms with E-state index >= 15 is 0 Å². The molecule has 0 N–H and O–H groups in total. The van der Waals surface area contributed by atoms with E-state index in [1.54, 1.807) is 24.3 Å². The Morgan fingerprint density at radius 1 is 0.963 bits per heavy atom. The SMILES string of the molecule is COC(=O)C(C(=O)OC)C(/C=C/c1ccc(F)cc1)CCc1ccccc1. The maximum Gasteiger partial charge on any atom is 0.320 e. The first-order valence-electron chi connectivity index (χ1n) is 8.68. The molecular weight excluding hydrogens is 347 g/mol. The normalized spacial score (nSPS) is 12.1. The average molecular weight is 370 g/mol. The molecule has 0 aliphatic heterocycles. The van der Waals surface area contributed by atoms with Crippen LogP contribution in [-0.2, 0) is 25.5 Å². The molecule has 0 aliphatic rings. The Labute approximate surface area is 158 Å². The van der Waals surface area contributed by atoms with E-state index in [0.29, 0.717) is 12.8 Å². The van der Waals surface area contributed by atoms with Crippen LogP contribution in [0.15, 0.2) is 60.7 Å². The van der Waals surface area contributed by atoms with Crippen molar-refractivity contribution in [3.63, 3.8) is 0 Å². The third-order valence-corrected chi connectivity index (χ3v) is 4.35. The second kappa shape index (κ2) is 10.3. The molecular formula is C22H23FO4. The monoisotopic (exact) mass is 370 g/mol. The number of halogens is 1. The molecule has 0 saturated carbocycles. The van der Waals surface area contributed by atoms with E-state index < -0.39 is 23.8 Å². The topological polar surface area (TPSA) is 52.6 Å². The first-order chi connectivity index (χ1) is 13.0. The van der Waals surface area contributed by atoms with Crippen molar-refractivity contribution < 1.29 is 23.5 Å². The lowest BCUT2D eigenvalue weighted by atomic mass is 9.86. The van der Waals surface area contributed by atoms with Crippen LogP contribution in [0.4, 0.5) is 4.39 Å². The Kier molecular flexibility index (Phi) is 7.74. The van der Waals surface area contributed by atoms with Crippen molar-refractivity contribution in [3.8, 4) is 0 Å². The highest BCUT2D eigenvalue weighted by atomic mass is 19.1. The summed E-state index contributed by atoms with van der Waals surface area (Å²) in [4.78, 5) is 24.4. The van der Waals surface area contributed by atoms with Crippen LogP contribution in [0.25, 0.3) is 6.08 Å². The van der Waals surface area contributed by atoms with Gasteiger partial charge in [-0.15, -0.1) is 0 Å². The van der Waals surface area contributed by atoms with Crippen molar-refractivity contribution >= 4 is 18.0 Å². The Morgan fingerprint density at radius 3 is 2.11 bits per heavy atom. The van der Waals surface area contributed by atoms with Crippen LogP contribution in [0.2, 0.25) is 0 Å². The molecule has 0 aromatic heterocycles. The van der Waals surface area contributed by atoms with Gasteiger partial charge in [-0.1, -0.05) is 54.6 Å². The smallest absolute Gasteiger partial charge is 0.320 e. The summed E-state index contributed by atoms with van der Waals surface area (Å²) < 4.78 is 22.7. The summed E-state index contributed by atoms with van der Waals surface area (Å²) in [6, 6.07) is 15.8. The number of carbonyl (C=O) groups excluding carboxylic acids is 2. The first-order valence-corrected chi connectivity index (χ1v) is 8.68. The lowest BCUT2D eigenvalue weighted by molar-refractivity contribution is -0.160. The van der Waals surface area contributed by atoms with Gasteiger partial charge in [0.2, 0.25) is 0 Å². The predicted molar refractivity (Wildman–Crippen MR) is 101 cm³/mol. The first kappa shape index (κ1) is 20.4. The van der Waals surface area contributed by atoms with Gasteiger partial charge in [-0.25, -0.2) is 4.39 Å². The summed E-state index contributed by atoms with van der Waals surface area (Å²) in [5.41, 5.74) is 1.88. The number of rotatable bonds is 8. The van der Waals surface area contributed by atoms with E-state index in [9.17, 15) is 14.0 Å². The van der Waals surface area contributed by atoms with E-state index in [1.807, 2.05) is 30.3 Å². The molecule has 4 nitrogen and oxygen atoms in total. The molecule has 0 saturated heterocycles. The fourth-order valence-corrected chi connectivity index (χ4v) is 2.86. The van der Waals surface area contributed by atoms with Crippen LogP contribution in [0.5, 0.6) is 0 Å². The van der Waals surface area contributed by atoms with Crippen LogP contribution in [0.1, 0.15) is 17.5 Å². The lowest BCUT2D eigenvalue weighted by Crippen LogP contribution is -2.33. The van der Waals surface area contributed by atoms with Crippen LogP contribution in [-0.4, -0.2) is 26.2 Å². The number of aryl methyl sites for hydroxylation is 1.